The van der Waals surface area contributed by atoms with Gasteiger partial charge in [0.2, 0.25) is 0 Å². The zero-order valence-corrected chi connectivity index (χ0v) is 11.5. The standard InChI is InChI=1S/C15H19NO3/c1-11(18-3)14(2,17)15(10-16)8-9-19-13-7-5-4-6-12(13)15/h4-7,11,17H,8-9H2,1-3H3. The molecule has 0 spiro atoms. The number of hydrogen-bond donors (Lipinski definition) is 1. The first-order chi connectivity index (χ1) is 8.99. The third-order valence-electron chi connectivity index (χ3n) is 4.28. The summed E-state index contributed by atoms with van der Waals surface area (Å²) < 4.78 is 10.9. The Kier molecular flexibility index (Phi) is 3.53. The number of aliphatic hydroxyl groups is 1. The van der Waals surface area contributed by atoms with Gasteiger partial charge in [0.25, 0.3) is 0 Å². The maximum absolute atomic E-state index is 10.9. The van der Waals surface area contributed by atoms with Crippen LogP contribution in [0.4, 0.5) is 0 Å². The van der Waals surface area contributed by atoms with E-state index < -0.39 is 17.1 Å². The highest BCUT2D eigenvalue weighted by atomic mass is 16.5. The minimum Gasteiger partial charge on any atom is -0.493 e. The average Bonchev–Trinajstić information content (AvgIpc) is 2.45. The average molecular weight is 261 g/mol. The predicted octanol–water partition coefficient (Wildman–Crippen LogP) is 2.02. The Morgan fingerprint density at radius 1 is 1.53 bits per heavy atom. The molecule has 1 aliphatic heterocycles. The van der Waals surface area contributed by atoms with Crippen LogP contribution in [-0.2, 0) is 10.2 Å². The minimum atomic E-state index is -1.30. The van der Waals surface area contributed by atoms with Crippen LogP contribution >= 0.6 is 0 Å². The van der Waals surface area contributed by atoms with Gasteiger partial charge in [-0.2, -0.15) is 5.26 Å². The Labute approximate surface area is 113 Å². The molecule has 0 fully saturated rings. The molecular formula is C15H19NO3. The maximum Gasteiger partial charge on any atom is 0.124 e. The van der Waals surface area contributed by atoms with Crippen molar-refractivity contribution in [3.8, 4) is 11.8 Å². The topological polar surface area (TPSA) is 62.5 Å². The zero-order chi connectivity index (χ0) is 14.1. The molecule has 1 aromatic rings. The van der Waals surface area contributed by atoms with Gasteiger partial charge >= 0.3 is 0 Å². The van der Waals surface area contributed by atoms with E-state index in [0.717, 1.165) is 5.56 Å². The highest BCUT2D eigenvalue weighted by Crippen LogP contribution is 2.47. The van der Waals surface area contributed by atoms with Gasteiger partial charge in [-0.25, -0.2) is 0 Å². The lowest BCUT2D eigenvalue weighted by Crippen LogP contribution is -2.57. The molecule has 0 saturated carbocycles. The van der Waals surface area contributed by atoms with Crippen LogP contribution in [0.3, 0.4) is 0 Å². The van der Waals surface area contributed by atoms with E-state index in [1.165, 1.54) is 7.11 Å². The summed E-state index contributed by atoms with van der Waals surface area (Å²) in [5.74, 6) is 0.666. The summed E-state index contributed by atoms with van der Waals surface area (Å²) in [6.07, 6.45) is -0.0143. The van der Waals surface area contributed by atoms with Gasteiger partial charge < -0.3 is 14.6 Å². The number of hydrogen-bond acceptors (Lipinski definition) is 4. The number of fused-ring (bicyclic) bond motifs is 1. The maximum atomic E-state index is 10.9. The smallest absolute Gasteiger partial charge is 0.124 e. The van der Waals surface area contributed by atoms with Crippen LogP contribution < -0.4 is 4.74 Å². The Morgan fingerprint density at radius 3 is 2.84 bits per heavy atom. The van der Waals surface area contributed by atoms with Crippen LogP contribution in [0.5, 0.6) is 5.75 Å². The van der Waals surface area contributed by atoms with Crippen molar-refractivity contribution in [1.82, 2.24) is 0 Å². The predicted molar refractivity (Wildman–Crippen MR) is 70.9 cm³/mol. The molecule has 1 aliphatic rings. The van der Waals surface area contributed by atoms with Gasteiger partial charge in [-0.15, -0.1) is 0 Å². The molecule has 0 amide bonds. The second-order valence-electron chi connectivity index (χ2n) is 5.14. The molecular weight excluding hydrogens is 242 g/mol. The second kappa shape index (κ2) is 4.84. The molecule has 3 atom stereocenters. The van der Waals surface area contributed by atoms with Crippen LogP contribution in [0, 0.1) is 11.3 Å². The monoisotopic (exact) mass is 261 g/mol. The Morgan fingerprint density at radius 2 is 2.21 bits per heavy atom. The zero-order valence-electron chi connectivity index (χ0n) is 11.5. The normalized spacial score (nSPS) is 26.5. The highest BCUT2D eigenvalue weighted by molar-refractivity contribution is 5.48. The van der Waals surface area contributed by atoms with Crippen molar-refractivity contribution in [2.75, 3.05) is 13.7 Å². The van der Waals surface area contributed by atoms with Crippen molar-refractivity contribution in [2.45, 2.75) is 37.4 Å². The van der Waals surface area contributed by atoms with Crippen LogP contribution in [-0.4, -0.2) is 30.5 Å². The number of rotatable bonds is 3. The minimum absolute atomic E-state index is 0.414. The highest BCUT2D eigenvalue weighted by Gasteiger charge is 2.55. The molecule has 4 heteroatoms. The van der Waals surface area contributed by atoms with E-state index in [-0.39, 0.29) is 0 Å². The summed E-state index contributed by atoms with van der Waals surface area (Å²) in [5, 5.41) is 20.6. The van der Waals surface area contributed by atoms with Crippen molar-refractivity contribution in [3.05, 3.63) is 29.8 Å². The van der Waals surface area contributed by atoms with Crippen molar-refractivity contribution in [1.29, 1.82) is 5.26 Å². The van der Waals surface area contributed by atoms with Crippen LogP contribution in [0.25, 0.3) is 0 Å². The van der Waals surface area contributed by atoms with E-state index in [9.17, 15) is 10.4 Å². The summed E-state index contributed by atoms with van der Waals surface area (Å²) in [6, 6.07) is 9.70. The number of nitriles is 1. The molecule has 0 bridgehead atoms. The van der Waals surface area contributed by atoms with Gasteiger partial charge in [-0.1, -0.05) is 18.2 Å². The summed E-state index contributed by atoms with van der Waals surface area (Å²) in [6.45, 7) is 3.85. The molecule has 4 nitrogen and oxygen atoms in total. The molecule has 1 aromatic carbocycles. The Balaban J connectivity index is 2.60. The first kappa shape index (κ1) is 13.9. The number of para-hydroxylation sites is 1. The van der Waals surface area contributed by atoms with E-state index in [4.69, 9.17) is 9.47 Å². The van der Waals surface area contributed by atoms with Crippen molar-refractivity contribution in [2.24, 2.45) is 0 Å². The van der Waals surface area contributed by atoms with Crippen LogP contribution in [0.2, 0.25) is 0 Å². The fourth-order valence-corrected chi connectivity index (χ4v) is 2.73. The number of nitrogens with zero attached hydrogens (tertiary/aromatic N) is 1. The molecule has 1 heterocycles. The molecule has 0 aromatic heterocycles. The molecule has 19 heavy (non-hydrogen) atoms. The summed E-state index contributed by atoms with van der Waals surface area (Å²) in [4.78, 5) is 0. The van der Waals surface area contributed by atoms with E-state index in [1.54, 1.807) is 13.8 Å². The first-order valence-electron chi connectivity index (χ1n) is 6.38. The van der Waals surface area contributed by atoms with E-state index in [1.807, 2.05) is 24.3 Å². The Hall–Kier alpha value is -1.57. The lowest BCUT2D eigenvalue weighted by atomic mass is 9.64. The van der Waals surface area contributed by atoms with Gasteiger partial charge in [-0.3, -0.25) is 0 Å². The third-order valence-corrected chi connectivity index (χ3v) is 4.28. The number of benzene rings is 1. The van der Waals surface area contributed by atoms with Gasteiger partial charge in [0, 0.05) is 19.1 Å². The number of methoxy groups -OCH3 is 1. The van der Waals surface area contributed by atoms with Crippen molar-refractivity contribution < 1.29 is 14.6 Å². The number of ether oxygens (including phenoxy) is 2. The van der Waals surface area contributed by atoms with E-state index in [2.05, 4.69) is 6.07 Å². The van der Waals surface area contributed by atoms with Gasteiger partial charge in [0.05, 0.1) is 18.8 Å². The molecule has 1 N–H and O–H groups in total. The lowest BCUT2D eigenvalue weighted by molar-refractivity contribution is -0.114. The second-order valence-corrected chi connectivity index (χ2v) is 5.14. The van der Waals surface area contributed by atoms with Gasteiger partial charge in [0.15, 0.2) is 0 Å². The van der Waals surface area contributed by atoms with Gasteiger partial charge in [0.1, 0.15) is 16.8 Å². The molecule has 2 rings (SSSR count). The van der Waals surface area contributed by atoms with Crippen molar-refractivity contribution >= 4 is 0 Å². The summed E-state index contributed by atoms with van der Waals surface area (Å²) >= 11 is 0. The largest absolute Gasteiger partial charge is 0.493 e. The summed E-state index contributed by atoms with van der Waals surface area (Å²) in [5.41, 5.74) is -1.58. The SMILES string of the molecule is COC(C)C(C)(O)C1(C#N)CCOc2ccccc21. The molecule has 0 saturated heterocycles. The first-order valence-corrected chi connectivity index (χ1v) is 6.38. The van der Waals surface area contributed by atoms with E-state index in [0.29, 0.717) is 18.8 Å². The molecule has 0 radical (unpaired) electrons. The van der Waals surface area contributed by atoms with Crippen LogP contribution in [0.1, 0.15) is 25.8 Å². The summed E-state index contributed by atoms with van der Waals surface area (Å²) in [7, 11) is 1.54. The fraction of sp³-hybridized carbons (Fsp3) is 0.533. The van der Waals surface area contributed by atoms with E-state index >= 15 is 0 Å². The van der Waals surface area contributed by atoms with Gasteiger partial charge in [-0.05, 0) is 19.9 Å². The molecule has 0 aliphatic carbocycles. The Bertz CT molecular complexity index is 506. The lowest BCUT2D eigenvalue weighted by Gasteiger charge is -2.46. The molecule has 3 unspecified atom stereocenters. The third kappa shape index (κ3) is 1.90. The van der Waals surface area contributed by atoms with Crippen molar-refractivity contribution in [3.63, 3.8) is 0 Å². The fourth-order valence-electron chi connectivity index (χ4n) is 2.73. The quantitative estimate of drug-likeness (QED) is 0.904. The molecule has 102 valence electrons. The van der Waals surface area contributed by atoms with Crippen LogP contribution in [0.15, 0.2) is 24.3 Å².